The first kappa shape index (κ1) is 29.4. The number of alkyl halides is 1. The summed E-state index contributed by atoms with van der Waals surface area (Å²) >= 11 is 3.55. The molecule has 0 radical (unpaired) electrons. The number of carbonyl (C=O) groups excluding carboxylic acids is 1. The van der Waals surface area contributed by atoms with Gasteiger partial charge >= 0.3 is 0 Å². The number of carbonyl (C=O) groups is 1. The van der Waals surface area contributed by atoms with E-state index in [9.17, 15) is 4.79 Å². The SMILES string of the molecule is CCCCCCCCCCCCCCOc1ccc(C(CNC(C)=O)c2cccc(CBr)c2)cc1. The summed E-state index contributed by atoms with van der Waals surface area (Å²) < 4.78 is 6.00. The van der Waals surface area contributed by atoms with Gasteiger partial charge in [-0.15, -0.1) is 0 Å². The third-order valence-electron chi connectivity index (χ3n) is 6.61. The Bertz CT molecular complexity index is 821. The second kappa shape index (κ2) is 18.5. The van der Waals surface area contributed by atoms with Crippen LogP contribution in [-0.4, -0.2) is 19.1 Å². The van der Waals surface area contributed by atoms with Gasteiger partial charge in [0.2, 0.25) is 5.91 Å². The number of rotatable bonds is 19. The summed E-state index contributed by atoms with van der Waals surface area (Å²) in [5, 5.41) is 3.81. The van der Waals surface area contributed by atoms with Gasteiger partial charge < -0.3 is 10.1 Å². The number of halogens is 1. The second-order valence-corrected chi connectivity index (χ2v) is 10.2. The van der Waals surface area contributed by atoms with Crippen molar-refractivity contribution in [3.05, 3.63) is 65.2 Å². The van der Waals surface area contributed by atoms with Crippen LogP contribution < -0.4 is 10.1 Å². The summed E-state index contributed by atoms with van der Waals surface area (Å²) in [6.45, 7) is 5.21. The summed E-state index contributed by atoms with van der Waals surface area (Å²) in [5.74, 6) is 1.03. The van der Waals surface area contributed by atoms with E-state index in [2.05, 4.69) is 76.7 Å². The Morgan fingerprint density at radius 1 is 0.829 bits per heavy atom. The molecule has 4 heteroatoms. The molecule has 0 saturated heterocycles. The highest BCUT2D eigenvalue weighted by atomic mass is 79.9. The predicted molar refractivity (Wildman–Crippen MR) is 153 cm³/mol. The van der Waals surface area contributed by atoms with Crippen LogP contribution in [0.3, 0.4) is 0 Å². The van der Waals surface area contributed by atoms with Crippen molar-refractivity contribution in [2.45, 2.75) is 102 Å². The van der Waals surface area contributed by atoms with Gasteiger partial charge in [0.1, 0.15) is 5.75 Å². The summed E-state index contributed by atoms with van der Waals surface area (Å²) in [6.07, 6.45) is 16.2. The molecule has 1 N–H and O–H groups in total. The second-order valence-electron chi connectivity index (χ2n) is 9.67. The summed E-state index contributed by atoms with van der Waals surface area (Å²) in [6, 6.07) is 16.9. The maximum atomic E-state index is 11.6. The molecule has 0 aliphatic heterocycles. The fourth-order valence-corrected chi connectivity index (χ4v) is 4.85. The molecule has 2 rings (SSSR count). The molecule has 1 amide bonds. The minimum atomic E-state index is -0.00555. The maximum Gasteiger partial charge on any atom is 0.216 e. The number of hydrogen-bond acceptors (Lipinski definition) is 2. The third kappa shape index (κ3) is 12.6. The van der Waals surface area contributed by atoms with E-state index < -0.39 is 0 Å². The zero-order chi connectivity index (χ0) is 25.1. The zero-order valence-electron chi connectivity index (χ0n) is 22.0. The summed E-state index contributed by atoms with van der Waals surface area (Å²) in [7, 11) is 0. The first-order valence-corrected chi connectivity index (χ1v) is 14.9. The smallest absolute Gasteiger partial charge is 0.216 e. The molecule has 1 unspecified atom stereocenters. The van der Waals surface area contributed by atoms with E-state index >= 15 is 0 Å². The van der Waals surface area contributed by atoms with Gasteiger partial charge in [-0.2, -0.15) is 0 Å². The van der Waals surface area contributed by atoms with Crippen LogP contribution in [0.5, 0.6) is 5.75 Å². The predicted octanol–water partition coefficient (Wildman–Crippen LogP) is 8.93. The van der Waals surface area contributed by atoms with Gasteiger partial charge in [0.05, 0.1) is 6.61 Å². The van der Waals surface area contributed by atoms with E-state index in [0.29, 0.717) is 6.54 Å². The molecule has 0 spiro atoms. The van der Waals surface area contributed by atoms with Crippen LogP contribution >= 0.6 is 15.9 Å². The molecule has 0 fully saturated rings. The van der Waals surface area contributed by atoms with Crippen LogP contribution in [0, 0.1) is 0 Å². The Kier molecular flexibility index (Phi) is 15.5. The van der Waals surface area contributed by atoms with Crippen molar-refractivity contribution in [3.8, 4) is 5.75 Å². The monoisotopic (exact) mass is 543 g/mol. The van der Waals surface area contributed by atoms with E-state index in [-0.39, 0.29) is 11.8 Å². The third-order valence-corrected chi connectivity index (χ3v) is 7.26. The van der Waals surface area contributed by atoms with Gasteiger partial charge in [-0.3, -0.25) is 4.79 Å². The van der Waals surface area contributed by atoms with Crippen molar-refractivity contribution in [1.82, 2.24) is 5.32 Å². The molecule has 0 saturated carbocycles. The average Bonchev–Trinajstić information content (AvgIpc) is 2.87. The normalized spacial score (nSPS) is 11.9. The minimum Gasteiger partial charge on any atom is -0.494 e. The maximum absolute atomic E-state index is 11.6. The highest BCUT2D eigenvalue weighted by Gasteiger charge is 2.15. The highest BCUT2D eigenvalue weighted by Crippen LogP contribution is 2.27. The van der Waals surface area contributed by atoms with Crippen molar-refractivity contribution in [3.63, 3.8) is 0 Å². The summed E-state index contributed by atoms with van der Waals surface area (Å²) in [5.41, 5.74) is 3.63. The lowest BCUT2D eigenvalue weighted by Gasteiger charge is -2.19. The van der Waals surface area contributed by atoms with Crippen molar-refractivity contribution in [2.75, 3.05) is 13.2 Å². The molecular weight excluding hydrogens is 498 g/mol. The van der Waals surface area contributed by atoms with E-state index in [1.54, 1.807) is 6.92 Å². The van der Waals surface area contributed by atoms with Gasteiger partial charge in [0, 0.05) is 24.7 Å². The average molecular weight is 545 g/mol. The Hall–Kier alpha value is -1.81. The van der Waals surface area contributed by atoms with Crippen LogP contribution in [0.25, 0.3) is 0 Å². The van der Waals surface area contributed by atoms with Crippen molar-refractivity contribution in [2.24, 2.45) is 0 Å². The molecule has 1 atom stereocenters. The molecule has 0 heterocycles. The topological polar surface area (TPSA) is 38.3 Å². The quantitative estimate of drug-likeness (QED) is 0.142. The van der Waals surface area contributed by atoms with Crippen LogP contribution in [0.2, 0.25) is 0 Å². The summed E-state index contributed by atoms with van der Waals surface area (Å²) in [4.78, 5) is 11.6. The van der Waals surface area contributed by atoms with E-state index in [4.69, 9.17) is 4.74 Å². The number of unbranched alkanes of at least 4 members (excludes halogenated alkanes) is 11. The van der Waals surface area contributed by atoms with E-state index in [0.717, 1.165) is 24.1 Å². The Balaban J connectivity index is 1.69. The molecule has 2 aromatic carbocycles. The lowest BCUT2D eigenvalue weighted by Crippen LogP contribution is -2.26. The number of amides is 1. The molecule has 0 aliphatic rings. The van der Waals surface area contributed by atoms with Crippen LogP contribution in [0.1, 0.15) is 114 Å². The van der Waals surface area contributed by atoms with Gasteiger partial charge in [-0.1, -0.05) is 130 Å². The fourth-order valence-electron chi connectivity index (χ4n) is 4.50. The van der Waals surface area contributed by atoms with Gasteiger partial charge in [0.25, 0.3) is 0 Å². The molecule has 35 heavy (non-hydrogen) atoms. The zero-order valence-corrected chi connectivity index (χ0v) is 23.6. The standard InChI is InChI=1S/C31H46BrNO2/c1-3-4-5-6-7-8-9-10-11-12-13-14-22-35-30-20-18-28(19-21-30)31(25-33-26(2)34)29-17-15-16-27(23-29)24-32/h15-21,23,31H,3-14,22,24-25H2,1-2H3,(H,33,34). The van der Waals surface area contributed by atoms with E-state index in [1.165, 1.54) is 87.3 Å². The van der Waals surface area contributed by atoms with Crippen LogP contribution in [0.15, 0.2) is 48.5 Å². The lowest BCUT2D eigenvalue weighted by atomic mass is 9.90. The van der Waals surface area contributed by atoms with Gasteiger partial charge in [0.15, 0.2) is 0 Å². The van der Waals surface area contributed by atoms with Gasteiger partial charge in [-0.05, 0) is 35.2 Å². The number of hydrogen-bond donors (Lipinski definition) is 1. The Labute approximate surface area is 222 Å². The molecule has 0 aliphatic carbocycles. The largest absolute Gasteiger partial charge is 0.494 e. The number of benzene rings is 2. The number of nitrogens with one attached hydrogen (secondary N) is 1. The van der Waals surface area contributed by atoms with Crippen LogP contribution in [0.4, 0.5) is 0 Å². The van der Waals surface area contributed by atoms with E-state index in [1.807, 2.05) is 0 Å². The highest BCUT2D eigenvalue weighted by molar-refractivity contribution is 9.08. The Morgan fingerprint density at radius 2 is 1.43 bits per heavy atom. The minimum absolute atomic E-state index is 0.00555. The lowest BCUT2D eigenvalue weighted by molar-refractivity contribution is -0.118. The molecule has 194 valence electrons. The first-order chi connectivity index (χ1) is 17.1. The Morgan fingerprint density at radius 3 is 2.00 bits per heavy atom. The first-order valence-electron chi connectivity index (χ1n) is 13.8. The molecule has 2 aromatic rings. The fraction of sp³-hybridized carbons (Fsp3) is 0.581. The molecular formula is C31H46BrNO2. The van der Waals surface area contributed by atoms with Crippen molar-refractivity contribution >= 4 is 21.8 Å². The van der Waals surface area contributed by atoms with Crippen molar-refractivity contribution < 1.29 is 9.53 Å². The van der Waals surface area contributed by atoms with Crippen LogP contribution in [-0.2, 0) is 10.1 Å². The van der Waals surface area contributed by atoms with Crippen molar-refractivity contribution in [1.29, 1.82) is 0 Å². The molecule has 0 aromatic heterocycles. The number of ether oxygens (including phenoxy) is 1. The van der Waals surface area contributed by atoms with Gasteiger partial charge in [-0.25, -0.2) is 0 Å². The molecule has 0 bridgehead atoms. The molecule has 3 nitrogen and oxygen atoms in total.